The normalized spacial score (nSPS) is 17.6. The molecule has 0 aromatic carbocycles. The number of carbonyl (C=O) groups is 2. The van der Waals surface area contributed by atoms with Crippen LogP contribution in [0.4, 0.5) is 20.8 Å². The Morgan fingerprint density at radius 2 is 2.03 bits per heavy atom. The first-order chi connectivity index (χ1) is 18.5. The zero-order valence-corrected chi connectivity index (χ0v) is 23.0. The van der Waals surface area contributed by atoms with E-state index in [2.05, 4.69) is 44.0 Å². The molecule has 11 heteroatoms. The van der Waals surface area contributed by atoms with Crippen molar-refractivity contribution < 1.29 is 23.5 Å². The Morgan fingerprint density at radius 1 is 1.26 bits per heavy atom. The van der Waals surface area contributed by atoms with Gasteiger partial charge in [-0.2, -0.15) is 9.37 Å². The standard InChI is InChI=1S/C28H35FN6O4/c1-7-22(35(5)27(37)39-28(2,3)4)24(36)32-20-10-8-9-18(15-20)11-12-19-16-31-26(34-25(19)38-6)33-21-13-14-23(29)30-17-21/h7,13-14,16-18,20,22H,1,8-10,15H2,2-6H3,(H,32,36)(H,31,33,34)/t18-,20-,22-/m0/s1. The summed E-state index contributed by atoms with van der Waals surface area (Å²) >= 11 is 0. The van der Waals surface area contributed by atoms with Crippen molar-refractivity contribution >= 4 is 23.6 Å². The van der Waals surface area contributed by atoms with Crippen molar-refractivity contribution in [3.05, 3.63) is 48.7 Å². The van der Waals surface area contributed by atoms with Crippen LogP contribution in [-0.2, 0) is 9.53 Å². The van der Waals surface area contributed by atoms with Gasteiger partial charge in [-0.15, -0.1) is 6.58 Å². The number of carbonyl (C=O) groups excluding carboxylic acids is 2. The summed E-state index contributed by atoms with van der Waals surface area (Å²) in [5.41, 5.74) is 0.383. The maximum absolute atomic E-state index is 13.0. The Labute approximate surface area is 228 Å². The Kier molecular flexibility index (Phi) is 9.82. The molecule has 1 aliphatic rings. The quantitative estimate of drug-likeness (QED) is 0.306. The summed E-state index contributed by atoms with van der Waals surface area (Å²) < 4.78 is 23.8. The molecule has 0 bridgehead atoms. The highest BCUT2D eigenvalue weighted by molar-refractivity contribution is 5.87. The predicted molar refractivity (Wildman–Crippen MR) is 145 cm³/mol. The van der Waals surface area contributed by atoms with Crippen molar-refractivity contribution in [3.63, 3.8) is 0 Å². The fraction of sp³-hybridized carbons (Fsp3) is 0.464. The average molecular weight is 539 g/mol. The van der Waals surface area contributed by atoms with Gasteiger partial charge in [0.2, 0.25) is 23.7 Å². The van der Waals surface area contributed by atoms with Crippen LogP contribution in [0.5, 0.6) is 5.88 Å². The van der Waals surface area contributed by atoms with Crippen LogP contribution in [0.2, 0.25) is 0 Å². The maximum Gasteiger partial charge on any atom is 0.410 e. The first-order valence-electron chi connectivity index (χ1n) is 12.7. The highest BCUT2D eigenvalue weighted by Gasteiger charge is 2.30. The minimum Gasteiger partial charge on any atom is -0.480 e. The number of likely N-dealkylation sites (N-methyl/N-ethyl adjacent to an activating group) is 1. The third kappa shape index (κ3) is 8.67. The molecule has 1 aliphatic carbocycles. The molecule has 2 heterocycles. The molecular weight excluding hydrogens is 503 g/mol. The Bertz CT molecular complexity index is 1240. The minimum atomic E-state index is -0.856. The zero-order chi connectivity index (χ0) is 28.6. The van der Waals surface area contributed by atoms with Gasteiger partial charge in [-0.1, -0.05) is 24.3 Å². The fourth-order valence-corrected chi connectivity index (χ4v) is 4.05. The van der Waals surface area contributed by atoms with Gasteiger partial charge < -0.3 is 20.1 Å². The van der Waals surface area contributed by atoms with Crippen LogP contribution in [0.1, 0.15) is 52.0 Å². The number of anilines is 2. The predicted octanol–water partition coefficient (Wildman–Crippen LogP) is 4.21. The average Bonchev–Trinajstić information content (AvgIpc) is 2.88. The van der Waals surface area contributed by atoms with Crippen LogP contribution in [0.25, 0.3) is 0 Å². The molecule has 3 atom stereocenters. The second kappa shape index (κ2) is 13.0. The van der Waals surface area contributed by atoms with E-state index >= 15 is 0 Å². The van der Waals surface area contributed by atoms with Crippen molar-refractivity contribution in [1.82, 2.24) is 25.2 Å². The van der Waals surface area contributed by atoms with E-state index in [4.69, 9.17) is 9.47 Å². The lowest BCUT2D eigenvalue weighted by Crippen LogP contribution is -2.51. The Hall–Kier alpha value is -4.20. The van der Waals surface area contributed by atoms with E-state index in [1.165, 1.54) is 43.5 Å². The molecule has 1 saturated carbocycles. The first kappa shape index (κ1) is 29.4. The lowest BCUT2D eigenvalue weighted by molar-refractivity contribution is -0.125. The molecule has 10 nitrogen and oxygen atoms in total. The molecule has 0 saturated heterocycles. The third-order valence-corrected chi connectivity index (χ3v) is 5.95. The topological polar surface area (TPSA) is 119 Å². The van der Waals surface area contributed by atoms with E-state index in [1.807, 2.05) is 0 Å². The van der Waals surface area contributed by atoms with Crippen LogP contribution in [0, 0.1) is 23.7 Å². The van der Waals surface area contributed by atoms with Gasteiger partial charge in [-0.25, -0.2) is 14.8 Å². The molecule has 39 heavy (non-hydrogen) atoms. The van der Waals surface area contributed by atoms with Crippen LogP contribution in [0.3, 0.4) is 0 Å². The molecule has 0 spiro atoms. The lowest BCUT2D eigenvalue weighted by Gasteiger charge is -2.31. The van der Waals surface area contributed by atoms with Gasteiger partial charge in [0.15, 0.2) is 0 Å². The second-order valence-corrected chi connectivity index (χ2v) is 10.2. The fourth-order valence-electron chi connectivity index (χ4n) is 4.05. The molecular formula is C28H35FN6O4. The van der Waals surface area contributed by atoms with Gasteiger partial charge in [0.1, 0.15) is 17.2 Å². The van der Waals surface area contributed by atoms with Crippen LogP contribution in [0.15, 0.2) is 37.2 Å². The Morgan fingerprint density at radius 3 is 2.67 bits per heavy atom. The van der Waals surface area contributed by atoms with Gasteiger partial charge in [0.25, 0.3) is 0 Å². The number of amides is 2. The van der Waals surface area contributed by atoms with E-state index in [-0.39, 0.29) is 23.8 Å². The number of hydrogen-bond acceptors (Lipinski definition) is 8. The number of aromatic nitrogens is 3. The molecule has 1 fully saturated rings. The summed E-state index contributed by atoms with van der Waals surface area (Å²) in [6, 6.07) is 1.81. The van der Waals surface area contributed by atoms with Gasteiger partial charge >= 0.3 is 6.09 Å². The number of halogens is 1. The summed E-state index contributed by atoms with van der Waals surface area (Å²) in [4.78, 5) is 38.8. The summed E-state index contributed by atoms with van der Waals surface area (Å²) in [5.74, 6) is 6.08. The zero-order valence-electron chi connectivity index (χ0n) is 23.0. The number of rotatable bonds is 7. The molecule has 0 unspecified atom stereocenters. The molecule has 2 N–H and O–H groups in total. The summed E-state index contributed by atoms with van der Waals surface area (Å²) in [5, 5.41) is 5.98. The van der Waals surface area contributed by atoms with Crippen molar-refractivity contribution in [3.8, 4) is 17.7 Å². The summed E-state index contributed by atoms with van der Waals surface area (Å²) in [6.45, 7) is 9.03. The van der Waals surface area contributed by atoms with Gasteiger partial charge in [-0.3, -0.25) is 9.69 Å². The smallest absolute Gasteiger partial charge is 0.410 e. The van der Waals surface area contributed by atoms with E-state index in [9.17, 15) is 14.0 Å². The number of pyridine rings is 1. The number of nitrogens with one attached hydrogen (secondary N) is 2. The van der Waals surface area contributed by atoms with Crippen molar-refractivity contribution in [2.45, 2.75) is 64.1 Å². The SMILES string of the molecule is C=C[C@@H](C(=O)N[C@H]1CCC[C@@H](C#Cc2cnc(Nc3ccc(F)nc3)nc2OC)C1)N(C)C(=O)OC(C)(C)C. The van der Waals surface area contributed by atoms with Gasteiger partial charge in [-0.05, 0) is 52.2 Å². The monoisotopic (exact) mass is 538 g/mol. The molecule has 0 radical (unpaired) electrons. The Balaban J connectivity index is 1.62. The highest BCUT2D eigenvalue weighted by atomic mass is 19.1. The van der Waals surface area contributed by atoms with Gasteiger partial charge in [0.05, 0.1) is 25.2 Å². The summed E-state index contributed by atoms with van der Waals surface area (Å²) in [7, 11) is 3.01. The first-order valence-corrected chi connectivity index (χ1v) is 12.7. The van der Waals surface area contributed by atoms with E-state index in [0.717, 1.165) is 19.3 Å². The van der Waals surface area contributed by atoms with Crippen LogP contribution in [-0.4, -0.2) is 63.7 Å². The van der Waals surface area contributed by atoms with E-state index in [1.54, 1.807) is 27.0 Å². The molecule has 2 amide bonds. The molecule has 0 aliphatic heterocycles. The summed E-state index contributed by atoms with van der Waals surface area (Å²) in [6.07, 6.45) is 6.99. The molecule has 2 aromatic rings. The van der Waals surface area contributed by atoms with Gasteiger partial charge in [0, 0.05) is 19.0 Å². The minimum absolute atomic E-state index is 0.0441. The largest absolute Gasteiger partial charge is 0.480 e. The third-order valence-electron chi connectivity index (χ3n) is 5.95. The lowest BCUT2D eigenvalue weighted by atomic mass is 9.86. The van der Waals surface area contributed by atoms with E-state index < -0.39 is 23.7 Å². The highest BCUT2D eigenvalue weighted by Crippen LogP contribution is 2.25. The van der Waals surface area contributed by atoms with Crippen LogP contribution >= 0.6 is 0 Å². The number of nitrogens with zero attached hydrogens (tertiary/aromatic N) is 4. The van der Waals surface area contributed by atoms with E-state index in [0.29, 0.717) is 23.6 Å². The van der Waals surface area contributed by atoms with Crippen LogP contribution < -0.4 is 15.4 Å². The van der Waals surface area contributed by atoms with Crippen molar-refractivity contribution in [2.24, 2.45) is 5.92 Å². The number of ether oxygens (including phenoxy) is 2. The second-order valence-electron chi connectivity index (χ2n) is 10.2. The number of methoxy groups -OCH3 is 1. The number of hydrogen-bond donors (Lipinski definition) is 2. The maximum atomic E-state index is 13.0. The van der Waals surface area contributed by atoms with Crippen molar-refractivity contribution in [1.29, 1.82) is 0 Å². The molecule has 2 aromatic heterocycles. The molecule has 208 valence electrons. The molecule has 3 rings (SSSR count). The van der Waals surface area contributed by atoms with Crippen molar-refractivity contribution in [2.75, 3.05) is 19.5 Å².